The Morgan fingerprint density at radius 3 is 2.72 bits per heavy atom. The summed E-state index contributed by atoms with van der Waals surface area (Å²) in [6, 6.07) is 12.1. The first kappa shape index (κ1) is 16.8. The van der Waals surface area contributed by atoms with Gasteiger partial charge in [0.15, 0.2) is 5.16 Å². The van der Waals surface area contributed by atoms with Crippen LogP contribution in [0.5, 0.6) is 0 Å². The molecular formula is C19H21N3OS2. The lowest BCUT2D eigenvalue weighted by Gasteiger charge is -2.15. The summed E-state index contributed by atoms with van der Waals surface area (Å²) in [6.07, 6.45) is 2.62. The zero-order chi connectivity index (χ0) is 17.1. The Kier molecular flexibility index (Phi) is 5.20. The van der Waals surface area contributed by atoms with Crippen molar-refractivity contribution < 1.29 is 0 Å². The Morgan fingerprint density at radius 1 is 1.12 bits per heavy atom. The van der Waals surface area contributed by atoms with E-state index in [-0.39, 0.29) is 5.56 Å². The number of thioether (sulfide) groups is 1. The summed E-state index contributed by atoms with van der Waals surface area (Å²) in [5, 5.41) is 2.78. The first-order chi connectivity index (χ1) is 12.3. The Morgan fingerprint density at radius 2 is 1.92 bits per heavy atom. The van der Waals surface area contributed by atoms with Crippen LogP contribution in [0.25, 0.3) is 10.2 Å². The van der Waals surface area contributed by atoms with E-state index in [1.54, 1.807) is 11.8 Å². The number of benzene rings is 1. The molecular weight excluding hydrogens is 350 g/mol. The smallest absolute Gasteiger partial charge is 0.272 e. The number of hydrogen-bond donors (Lipinski definition) is 0. The average molecular weight is 372 g/mol. The van der Waals surface area contributed by atoms with Gasteiger partial charge in [0.2, 0.25) is 0 Å². The minimum atomic E-state index is 0.0764. The maximum Gasteiger partial charge on any atom is 0.272 e. The molecule has 0 saturated carbocycles. The summed E-state index contributed by atoms with van der Waals surface area (Å²) in [6.45, 7) is 4.04. The number of fused-ring (bicyclic) bond motifs is 1. The van der Waals surface area contributed by atoms with Gasteiger partial charge in [-0.1, -0.05) is 42.1 Å². The van der Waals surface area contributed by atoms with Crippen LogP contribution in [0.1, 0.15) is 18.4 Å². The van der Waals surface area contributed by atoms with Crippen LogP contribution < -0.4 is 5.56 Å². The van der Waals surface area contributed by atoms with Crippen molar-refractivity contribution in [3.8, 4) is 0 Å². The van der Waals surface area contributed by atoms with Gasteiger partial charge >= 0.3 is 0 Å². The van der Waals surface area contributed by atoms with Crippen molar-refractivity contribution in [2.45, 2.75) is 24.5 Å². The third-order valence-corrected chi connectivity index (χ3v) is 6.40. The van der Waals surface area contributed by atoms with Gasteiger partial charge in [-0.2, -0.15) is 0 Å². The van der Waals surface area contributed by atoms with Crippen molar-refractivity contribution in [2.75, 3.05) is 25.4 Å². The quantitative estimate of drug-likeness (QED) is 0.489. The molecule has 3 aromatic rings. The van der Waals surface area contributed by atoms with Crippen molar-refractivity contribution in [1.82, 2.24) is 14.5 Å². The van der Waals surface area contributed by atoms with E-state index >= 15 is 0 Å². The van der Waals surface area contributed by atoms with E-state index in [1.165, 1.54) is 37.3 Å². The van der Waals surface area contributed by atoms with Gasteiger partial charge in [0.05, 0.1) is 12.1 Å². The maximum atomic E-state index is 12.9. The van der Waals surface area contributed by atoms with E-state index in [4.69, 9.17) is 4.98 Å². The molecule has 4 nitrogen and oxygen atoms in total. The summed E-state index contributed by atoms with van der Waals surface area (Å²) in [7, 11) is 0. The van der Waals surface area contributed by atoms with E-state index in [2.05, 4.69) is 17.0 Å². The van der Waals surface area contributed by atoms with Gasteiger partial charge in [0.1, 0.15) is 4.70 Å². The molecule has 1 aromatic carbocycles. The van der Waals surface area contributed by atoms with Crippen LogP contribution in [0.4, 0.5) is 0 Å². The molecule has 1 fully saturated rings. The number of aromatic nitrogens is 2. The average Bonchev–Trinajstić information content (AvgIpc) is 3.31. The summed E-state index contributed by atoms with van der Waals surface area (Å²) >= 11 is 3.18. The highest BCUT2D eigenvalue weighted by atomic mass is 32.2. The highest BCUT2D eigenvalue weighted by Gasteiger charge is 2.15. The fourth-order valence-electron chi connectivity index (χ4n) is 3.21. The van der Waals surface area contributed by atoms with Gasteiger partial charge in [0.25, 0.3) is 5.56 Å². The third kappa shape index (κ3) is 3.81. The number of nitrogens with zero attached hydrogens (tertiary/aromatic N) is 3. The van der Waals surface area contributed by atoms with Crippen LogP contribution in [0.2, 0.25) is 0 Å². The molecule has 0 radical (unpaired) electrons. The second-order valence-electron chi connectivity index (χ2n) is 6.30. The van der Waals surface area contributed by atoms with Crippen LogP contribution in [0, 0.1) is 0 Å². The molecule has 2 aromatic heterocycles. The Balaban J connectivity index is 1.61. The molecule has 0 N–H and O–H groups in total. The second-order valence-corrected chi connectivity index (χ2v) is 8.28. The van der Waals surface area contributed by atoms with Crippen LogP contribution in [0.15, 0.2) is 51.7 Å². The topological polar surface area (TPSA) is 38.1 Å². The number of thiophene rings is 1. The molecule has 3 heterocycles. The molecule has 1 aliphatic heterocycles. The predicted octanol–water partition coefficient (Wildman–Crippen LogP) is 3.69. The zero-order valence-electron chi connectivity index (χ0n) is 14.1. The van der Waals surface area contributed by atoms with Crippen molar-refractivity contribution in [3.05, 3.63) is 57.7 Å². The van der Waals surface area contributed by atoms with Crippen LogP contribution in [-0.2, 0) is 6.54 Å². The molecule has 1 aliphatic rings. The number of hydrogen-bond acceptors (Lipinski definition) is 5. The second kappa shape index (κ2) is 7.72. The van der Waals surface area contributed by atoms with Gasteiger partial charge in [0, 0.05) is 12.3 Å². The monoisotopic (exact) mass is 371 g/mol. The maximum absolute atomic E-state index is 12.9. The molecule has 130 valence electrons. The molecule has 6 heteroatoms. The largest absolute Gasteiger partial charge is 0.303 e. The van der Waals surface area contributed by atoms with E-state index in [0.29, 0.717) is 6.54 Å². The van der Waals surface area contributed by atoms with E-state index in [1.807, 2.05) is 34.2 Å². The Hall–Kier alpha value is -1.63. The summed E-state index contributed by atoms with van der Waals surface area (Å²) < 4.78 is 2.59. The van der Waals surface area contributed by atoms with Crippen molar-refractivity contribution in [1.29, 1.82) is 0 Å². The predicted molar refractivity (Wildman–Crippen MR) is 106 cm³/mol. The normalized spacial score (nSPS) is 15.2. The van der Waals surface area contributed by atoms with Crippen molar-refractivity contribution in [3.63, 3.8) is 0 Å². The van der Waals surface area contributed by atoms with Gasteiger partial charge in [-0.25, -0.2) is 4.98 Å². The summed E-state index contributed by atoms with van der Waals surface area (Å²) in [5.41, 5.74) is 2.03. The van der Waals surface area contributed by atoms with Gasteiger partial charge < -0.3 is 4.90 Å². The molecule has 0 aliphatic carbocycles. The molecule has 0 unspecified atom stereocenters. The van der Waals surface area contributed by atoms with E-state index < -0.39 is 0 Å². The van der Waals surface area contributed by atoms with Crippen LogP contribution >= 0.6 is 23.1 Å². The fourth-order valence-corrected chi connectivity index (χ4v) is 4.99. The molecule has 4 rings (SSSR count). The minimum Gasteiger partial charge on any atom is -0.303 e. The SMILES string of the molecule is O=c1c2sccc2nc(SCCN2CCCC2)n1Cc1ccccc1. The van der Waals surface area contributed by atoms with E-state index in [9.17, 15) is 4.79 Å². The lowest BCUT2D eigenvalue weighted by atomic mass is 10.2. The lowest BCUT2D eigenvalue weighted by molar-refractivity contribution is 0.362. The Labute approximate surface area is 155 Å². The minimum absolute atomic E-state index is 0.0764. The molecule has 0 atom stereocenters. The third-order valence-electron chi connectivity index (χ3n) is 4.55. The lowest BCUT2D eigenvalue weighted by Crippen LogP contribution is -2.25. The standard InChI is InChI=1S/C19H21N3OS2/c23-18-17-16(8-12-24-17)20-19(25-13-11-21-9-4-5-10-21)22(18)14-15-6-2-1-3-7-15/h1-3,6-8,12H,4-5,9-11,13-14H2. The highest BCUT2D eigenvalue weighted by molar-refractivity contribution is 7.99. The van der Waals surface area contributed by atoms with Crippen molar-refractivity contribution >= 4 is 33.3 Å². The summed E-state index contributed by atoms with van der Waals surface area (Å²) in [4.78, 5) is 20.2. The first-order valence-electron chi connectivity index (χ1n) is 8.68. The molecule has 0 bridgehead atoms. The van der Waals surface area contributed by atoms with Gasteiger partial charge in [-0.05, 0) is 42.9 Å². The fraction of sp³-hybridized carbons (Fsp3) is 0.368. The van der Waals surface area contributed by atoms with Gasteiger partial charge in [-0.15, -0.1) is 11.3 Å². The highest BCUT2D eigenvalue weighted by Crippen LogP contribution is 2.22. The first-order valence-corrected chi connectivity index (χ1v) is 10.5. The number of rotatable bonds is 6. The summed E-state index contributed by atoms with van der Waals surface area (Å²) in [5.74, 6) is 0.969. The van der Waals surface area contributed by atoms with Crippen LogP contribution in [0.3, 0.4) is 0 Å². The van der Waals surface area contributed by atoms with Crippen molar-refractivity contribution in [2.24, 2.45) is 0 Å². The zero-order valence-corrected chi connectivity index (χ0v) is 15.7. The number of likely N-dealkylation sites (tertiary alicyclic amines) is 1. The van der Waals surface area contributed by atoms with E-state index in [0.717, 1.165) is 33.2 Å². The van der Waals surface area contributed by atoms with Gasteiger partial charge in [-0.3, -0.25) is 9.36 Å². The van der Waals surface area contributed by atoms with Crippen LogP contribution in [-0.4, -0.2) is 39.8 Å². The molecule has 1 saturated heterocycles. The Bertz CT molecular complexity index is 898. The molecule has 25 heavy (non-hydrogen) atoms. The molecule has 0 amide bonds. The molecule has 0 spiro atoms.